The zero-order chi connectivity index (χ0) is 11.5. The molecular formula is C13H18N2O. The van der Waals surface area contributed by atoms with Gasteiger partial charge in [0.15, 0.2) is 0 Å². The number of hydrogen-bond donors (Lipinski definition) is 0. The highest BCUT2D eigenvalue weighted by molar-refractivity contribution is 5.70. The normalized spacial score (nSPS) is 20.6. The number of para-hydroxylation sites is 1. The summed E-state index contributed by atoms with van der Waals surface area (Å²) in [6.07, 6.45) is 1.05. The van der Waals surface area contributed by atoms with Crippen LogP contribution in [0.2, 0.25) is 0 Å². The minimum Gasteiger partial charge on any atom is -0.358 e. The predicted octanol–water partition coefficient (Wildman–Crippen LogP) is 2.05. The minimum atomic E-state index is -0.0796. The molecular weight excluding hydrogens is 200 g/mol. The highest BCUT2D eigenvalue weighted by Gasteiger charge is 2.28. The number of carbonyl (C=O) groups excluding carboxylic acids is 1. The lowest BCUT2D eigenvalue weighted by Gasteiger charge is -2.41. The molecule has 0 amide bonds. The van der Waals surface area contributed by atoms with E-state index in [0.717, 1.165) is 31.6 Å². The molecule has 0 spiro atoms. The topological polar surface area (TPSA) is 23.6 Å². The van der Waals surface area contributed by atoms with Crippen LogP contribution in [-0.4, -0.2) is 30.9 Å². The summed E-state index contributed by atoms with van der Waals surface area (Å²) in [6, 6.07) is 8.11. The van der Waals surface area contributed by atoms with E-state index < -0.39 is 0 Å². The lowest BCUT2D eigenvalue weighted by atomic mass is 10.0. The average Bonchev–Trinajstić information content (AvgIpc) is 2.36. The molecule has 0 aliphatic carbocycles. The van der Waals surface area contributed by atoms with Crippen molar-refractivity contribution >= 4 is 12.0 Å². The van der Waals surface area contributed by atoms with Gasteiger partial charge >= 0.3 is 0 Å². The number of likely N-dealkylation sites (N-methyl/N-ethyl adjacent to an activating group) is 1. The van der Waals surface area contributed by atoms with Gasteiger partial charge in [-0.1, -0.05) is 25.1 Å². The highest BCUT2D eigenvalue weighted by atomic mass is 16.1. The Hall–Kier alpha value is -1.35. The first-order valence-electron chi connectivity index (χ1n) is 5.85. The number of rotatable bonds is 3. The summed E-state index contributed by atoms with van der Waals surface area (Å²) in [6.45, 7) is 6.95. The second kappa shape index (κ2) is 4.66. The van der Waals surface area contributed by atoms with Gasteiger partial charge in [0, 0.05) is 12.2 Å². The molecule has 1 aromatic carbocycles. The van der Waals surface area contributed by atoms with E-state index in [9.17, 15) is 4.79 Å². The van der Waals surface area contributed by atoms with E-state index in [1.165, 1.54) is 5.69 Å². The number of hydrogen-bond acceptors (Lipinski definition) is 3. The van der Waals surface area contributed by atoms with Crippen molar-refractivity contribution in [3.05, 3.63) is 29.8 Å². The molecule has 0 saturated heterocycles. The van der Waals surface area contributed by atoms with E-state index in [4.69, 9.17) is 0 Å². The van der Waals surface area contributed by atoms with Crippen molar-refractivity contribution in [1.82, 2.24) is 4.90 Å². The molecule has 3 nitrogen and oxygen atoms in total. The molecule has 16 heavy (non-hydrogen) atoms. The van der Waals surface area contributed by atoms with Crippen molar-refractivity contribution in [3.8, 4) is 0 Å². The first-order valence-corrected chi connectivity index (χ1v) is 5.85. The second-order valence-corrected chi connectivity index (χ2v) is 4.04. The van der Waals surface area contributed by atoms with Gasteiger partial charge < -0.3 is 9.69 Å². The number of nitrogens with zero attached hydrogens (tertiary/aromatic N) is 2. The molecule has 1 aromatic rings. The molecule has 1 unspecified atom stereocenters. The summed E-state index contributed by atoms with van der Waals surface area (Å²) in [5.74, 6) is 0. The van der Waals surface area contributed by atoms with E-state index in [0.29, 0.717) is 0 Å². The zero-order valence-corrected chi connectivity index (χ0v) is 9.89. The van der Waals surface area contributed by atoms with Gasteiger partial charge in [0.25, 0.3) is 0 Å². The van der Waals surface area contributed by atoms with E-state index in [-0.39, 0.29) is 6.04 Å². The molecule has 1 heterocycles. The fourth-order valence-corrected chi connectivity index (χ4v) is 2.33. The zero-order valence-electron chi connectivity index (χ0n) is 9.89. The summed E-state index contributed by atoms with van der Waals surface area (Å²) >= 11 is 0. The van der Waals surface area contributed by atoms with Crippen LogP contribution in [-0.2, 0) is 4.79 Å². The third-order valence-electron chi connectivity index (χ3n) is 3.26. The van der Waals surface area contributed by atoms with Crippen LogP contribution in [0.1, 0.15) is 25.5 Å². The molecule has 0 fully saturated rings. The van der Waals surface area contributed by atoms with Crippen molar-refractivity contribution in [2.75, 3.05) is 24.7 Å². The highest BCUT2D eigenvalue weighted by Crippen LogP contribution is 2.33. The van der Waals surface area contributed by atoms with Crippen molar-refractivity contribution in [3.63, 3.8) is 0 Å². The van der Waals surface area contributed by atoms with Gasteiger partial charge in [-0.05, 0) is 25.1 Å². The minimum absolute atomic E-state index is 0.0796. The number of anilines is 1. The summed E-state index contributed by atoms with van der Waals surface area (Å²) < 4.78 is 0. The van der Waals surface area contributed by atoms with Crippen LogP contribution in [0, 0.1) is 0 Å². The van der Waals surface area contributed by atoms with Crippen LogP contribution in [0.3, 0.4) is 0 Å². The SMILES string of the molecule is CCN1CN(CC)C(C=O)c2ccccc21. The van der Waals surface area contributed by atoms with Crippen LogP contribution >= 0.6 is 0 Å². The number of carbonyl (C=O) groups is 1. The van der Waals surface area contributed by atoms with E-state index in [1.807, 2.05) is 12.1 Å². The summed E-state index contributed by atoms with van der Waals surface area (Å²) in [5.41, 5.74) is 2.33. The molecule has 0 saturated carbocycles. The first-order chi connectivity index (χ1) is 7.81. The maximum Gasteiger partial charge on any atom is 0.141 e. The first kappa shape index (κ1) is 11.1. The Morgan fingerprint density at radius 2 is 2.06 bits per heavy atom. The Morgan fingerprint density at radius 3 is 2.69 bits per heavy atom. The summed E-state index contributed by atoms with van der Waals surface area (Å²) in [7, 11) is 0. The molecule has 1 atom stereocenters. The van der Waals surface area contributed by atoms with Gasteiger partial charge in [-0.25, -0.2) is 0 Å². The van der Waals surface area contributed by atoms with Crippen molar-refractivity contribution in [2.45, 2.75) is 19.9 Å². The molecule has 0 N–H and O–H groups in total. The molecule has 3 heteroatoms. The third kappa shape index (κ3) is 1.71. The van der Waals surface area contributed by atoms with Gasteiger partial charge in [0.1, 0.15) is 6.29 Å². The average molecular weight is 218 g/mol. The van der Waals surface area contributed by atoms with Crippen LogP contribution in [0.25, 0.3) is 0 Å². The fourth-order valence-electron chi connectivity index (χ4n) is 2.33. The molecule has 86 valence electrons. The third-order valence-corrected chi connectivity index (χ3v) is 3.26. The molecule has 2 rings (SSSR count). The van der Waals surface area contributed by atoms with E-state index in [1.54, 1.807) is 0 Å². The van der Waals surface area contributed by atoms with Gasteiger partial charge in [-0.3, -0.25) is 4.90 Å². The lowest BCUT2D eigenvalue weighted by molar-refractivity contribution is -0.112. The Kier molecular flexibility index (Phi) is 3.25. The Morgan fingerprint density at radius 1 is 1.31 bits per heavy atom. The van der Waals surface area contributed by atoms with Crippen LogP contribution in [0.5, 0.6) is 0 Å². The molecule has 0 radical (unpaired) electrons. The van der Waals surface area contributed by atoms with E-state index >= 15 is 0 Å². The Bertz CT molecular complexity index is 378. The Labute approximate surface area is 96.7 Å². The number of benzene rings is 1. The van der Waals surface area contributed by atoms with Gasteiger partial charge in [0.05, 0.1) is 12.7 Å². The monoisotopic (exact) mass is 218 g/mol. The quantitative estimate of drug-likeness (QED) is 0.725. The molecule has 1 aliphatic rings. The van der Waals surface area contributed by atoms with Gasteiger partial charge in [-0.15, -0.1) is 0 Å². The van der Waals surface area contributed by atoms with Gasteiger partial charge in [0.2, 0.25) is 0 Å². The number of fused-ring (bicyclic) bond motifs is 1. The summed E-state index contributed by atoms with van der Waals surface area (Å²) in [4.78, 5) is 15.7. The van der Waals surface area contributed by atoms with E-state index in [2.05, 4.69) is 35.8 Å². The van der Waals surface area contributed by atoms with Crippen molar-refractivity contribution in [2.24, 2.45) is 0 Å². The maximum atomic E-state index is 11.2. The second-order valence-electron chi connectivity index (χ2n) is 4.04. The predicted molar refractivity (Wildman–Crippen MR) is 65.5 cm³/mol. The maximum absolute atomic E-state index is 11.2. The number of aldehydes is 1. The fraction of sp³-hybridized carbons (Fsp3) is 0.462. The molecule has 1 aliphatic heterocycles. The van der Waals surface area contributed by atoms with Crippen LogP contribution in [0.15, 0.2) is 24.3 Å². The molecule has 0 aromatic heterocycles. The Balaban J connectivity index is 2.45. The lowest BCUT2D eigenvalue weighted by Crippen LogP contribution is -2.45. The standard InChI is InChI=1S/C13H18N2O/c1-3-14-10-15(4-2)13(9-16)11-7-5-6-8-12(11)14/h5-9,13H,3-4,10H2,1-2H3. The summed E-state index contributed by atoms with van der Waals surface area (Å²) in [5, 5.41) is 0. The van der Waals surface area contributed by atoms with Crippen LogP contribution < -0.4 is 4.90 Å². The van der Waals surface area contributed by atoms with Crippen molar-refractivity contribution in [1.29, 1.82) is 0 Å². The smallest absolute Gasteiger partial charge is 0.141 e. The van der Waals surface area contributed by atoms with Gasteiger partial charge in [-0.2, -0.15) is 0 Å². The van der Waals surface area contributed by atoms with Crippen LogP contribution in [0.4, 0.5) is 5.69 Å². The molecule has 0 bridgehead atoms. The van der Waals surface area contributed by atoms with Crippen molar-refractivity contribution < 1.29 is 4.79 Å². The largest absolute Gasteiger partial charge is 0.358 e.